The molecule has 0 aromatic heterocycles. The van der Waals surface area contributed by atoms with Gasteiger partial charge in [-0.05, 0) is 45.4 Å². The highest BCUT2D eigenvalue weighted by Gasteiger charge is 2.46. The Labute approximate surface area is 115 Å². The molecule has 0 spiro atoms. The highest BCUT2D eigenvalue weighted by Crippen LogP contribution is 2.41. The molecule has 0 amide bonds. The number of rotatable bonds is 5. The van der Waals surface area contributed by atoms with Gasteiger partial charge < -0.3 is 4.74 Å². The average Bonchev–Trinajstić information content (AvgIpc) is 3.05. The summed E-state index contributed by atoms with van der Waals surface area (Å²) in [6, 6.07) is 0. The van der Waals surface area contributed by atoms with Crippen LogP contribution in [0.25, 0.3) is 0 Å². The monoisotopic (exact) mass is 289 g/mol. The van der Waals surface area contributed by atoms with E-state index in [1.165, 1.54) is 7.11 Å². The lowest BCUT2D eigenvalue weighted by atomic mass is 10.0. The second-order valence-corrected chi connectivity index (χ2v) is 8.14. The van der Waals surface area contributed by atoms with Crippen LogP contribution in [0.3, 0.4) is 0 Å². The number of hydrogen-bond acceptors (Lipinski definition) is 4. The molecule has 110 valence electrons. The number of nitrogens with one attached hydrogen (secondary N) is 1. The minimum atomic E-state index is -3.48. The summed E-state index contributed by atoms with van der Waals surface area (Å²) in [5, 5.41) is -0.641. The summed E-state index contributed by atoms with van der Waals surface area (Å²) >= 11 is 0. The summed E-state index contributed by atoms with van der Waals surface area (Å²) in [7, 11) is -2.17. The van der Waals surface area contributed by atoms with Gasteiger partial charge in [0.15, 0.2) is 0 Å². The zero-order chi connectivity index (χ0) is 14.3. The normalized spacial score (nSPS) is 28.4. The van der Waals surface area contributed by atoms with E-state index in [-0.39, 0.29) is 0 Å². The molecule has 0 saturated heterocycles. The van der Waals surface area contributed by atoms with Crippen LogP contribution in [0.5, 0.6) is 0 Å². The highest BCUT2D eigenvalue weighted by molar-refractivity contribution is 7.90. The molecule has 2 unspecified atom stereocenters. The Hall–Kier alpha value is -0.620. The summed E-state index contributed by atoms with van der Waals surface area (Å²) in [4.78, 5) is 11.7. The predicted molar refractivity (Wildman–Crippen MR) is 72.0 cm³/mol. The number of hydrogen-bond donors (Lipinski definition) is 1. The second-order valence-electron chi connectivity index (χ2n) is 6.24. The number of sulfonamides is 1. The van der Waals surface area contributed by atoms with Gasteiger partial charge in [-0.3, -0.25) is 4.79 Å². The van der Waals surface area contributed by atoms with Gasteiger partial charge in [-0.15, -0.1) is 0 Å². The summed E-state index contributed by atoms with van der Waals surface area (Å²) < 4.78 is 32.5. The van der Waals surface area contributed by atoms with Crippen LogP contribution >= 0.6 is 0 Å². The molecule has 2 aliphatic rings. The van der Waals surface area contributed by atoms with Crippen molar-refractivity contribution in [3.63, 3.8) is 0 Å². The summed E-state index contributed by atoms with van der Waals surface area (Å²) in [5.74, 6) is -0.505. The Kier molecular flexibility index (Phi) is 3.93. The maximum absolute atomic E-state index is 12.5. The van der Waals surface area contributed by atoms with Crippen LogP contribution in [0, 0.1) is 11.8 Å². The van der Waals surface area contributed by atoms with E-state index in [0.717, 1.165) is 19.3 Å². The molecule has 2 atom stereocenters. The molecule has 0 aromatic rings. The number of carbonyl (C=O) groups is 1. The van der Waals surface area contributed by atoms with Crippen LogP contribution in [0.15, 0.2) is 0 Å². The fraction of sp³-hybridized carbons (Fsp3) is 0.923. The van der Waals surface area contributed by atoms with Crippen LogP contribution in [-0.2, 0) is 19.6 Å². The number of esters is 1. The van der Waals surface area contributed by atoms with Gasteiger partial charge in [-0.25, -0.2) is 13.1 Å². The molecule has 5 nitrogen and oxygen atoms in total. The molecule has 0 aromatic carbocycles. The third-order valence-corrected chi connectivity index (χ3v) is 6.53. The zero-order valence-electron chi connectivity index (χ0n) is 11.8. The van der Waals surface area contributed by atoms with Crippen molar-refractivity contribution in [2.75, 3.05) is 7.11 Å². The third-order valence-electron chi connectivity index (χ3n) is 4.36. The minimum absolute atomic E-state index is 0.405. The molecule has 0 bridgehead atoms. The van der Waals surface area contributed by atoms with E-state index in [1.54, 1.807) is 0 Å². The Morgan fingerprint density at radius 1 is 1.21 bits per heavy atom. The van der Waals surface area contributed by atoms with Gasteiger partial charge in [0.25, 0.3) is 0 Å². The number of methoxy groups -OCH3 is 1. The van der Waals surface area contributed by atoms with Gasteiger partial charge >= 0.3 is 5.97 Å². The Balaban J connectivity index is 2.12. The lowest BCUT2D eigenvalue weighted by molar-refractivity contribution is -0.145. The number of carbonyl (C=O) groups excluding carboxylic acids is 1. The first-order chi connectivity index (χ1) is 8.78. The first-order valence-corrected chi connectivity index (χ1v) is 8.43. The van der Waals surface area contributed by atoms with E-state index in [4.69, 9.17) is 4.74 Å². The van der Waals surface area contributed by atoms with E-state index in [9.17, 15) is 13.2 Å². The van der Waals surface area contributed by atoms with Crippen LogP contribution < -0.4 is 4.72 Å². The Bertz CT molecular complexity index is 453. The van der Waals surface area contributed by atoms with Crippen LogP contribution in [0.1, 0.15) is 46.0 Å². The summed E-state index contributed by atoms with van der Waals surface area (Å²) in [6.07, 6.45) is 4.04. The summed E-state index contributed by atoms with van der Waals surface area (Å²) in [6.45, 7) is 3.84. The van der Waals surface area contributed by atoms with E-state index >= 15 is 0 Å². The van der Waals surface area contributed by atoms with Crippen molar-refractivity contribution in [2.24, 2.45) is 11.8 Å². The van der Waals surface area contributed by atoms with Gasteiger partial charge in [-0.1, -0.05) is 6.42 Å². The standard InChI is InChI=1S/C13H23NO4S/c1-13(2,9-7-8-9)14-19(16,17)11-6-4-5-10(11)12(15)18-3/h9-11,14H,4-8H2,1-3H3. The molecule has 2 fully saturated rings. The Morgan fingerprint density at radius 2 is 1.84 bits per heavy atom. The van der Waals surface area contributed by atoms with Crippen molar-refractivity contribution in [2.45, 2.75) is 56.7 Å². The smallest absolute Gasteiger partial charge is 0.310 e. The zero-order valence-corrected chi connectivity index (χ0v) is 12.6. The number of ether oxygens (including phenoxy) is 1. The van der Waals surface area contributed by atoms with Crippen molar-refractivity contribution < 1.29 is 17.9 Å². The maximum atomic E-state index is 12.5. The van der Waals surface area contributed by atoms with Gasteiger partial charge in [0, 0.05) is 5.54 Å². The lowest BCUT2D eigenvalue weighted by Crippen LogP contribution is -2.50. The van der Waals surface area contributed by atoms with Gasteiger partial charge in [0.2, 0.25) is 10.0 Å². The quantitative estimate of drug-likeness (QED) is 0.777. The molecule has 19 heavy (non-hydrogen) atoms. The van der Waals surface area contributed by atoms with Crippen molar-refractivity contribution in [1.82, 2.24) is 4.72 Å². The molecule has 0 aliphatic heterocycles. The topological polar surface area (TPSA) is 72.5 Å². The minimum Gasteiger partial charge on any atom is -0.469 e. The largest absolute Gasteiger partial charge is 0.469 e. The van der Waals surface area contributed by atoms with E-state index in [2.05, 4.69) is 4.72 Å². The van der Waals surface area contributed by atoms with Crippen molar-refractivity contribution in [3.05, 3.63) is 0 Å². The molecule has 2 saturated carbocycles. The summed E-state index contributed by atoms with van der Waals surface area (Å²) in [5.41, 5.74) is -0.415. The molecule has 6 heteroatoms. The predicted octanol–water partition coefficient (Wildman–Crippen LogP) is 1.44. The van der Waals surface area contributed by atoms with Crippen LogP contribution in [0.4, 0.5) is 0 Å². The van der Waals surface area contributed by atoms with Crippen molar-refractivity contribution >= 4 is 16.0 Å². The highest BCUT2D eigenvalue weighted by atomic mass is 32.2. The van der Waals surface area contributed by atoms with Crippen LogP contribution in [-0.4, -0.2) is 32.3 Å². The molecule has 2 rings (SSSR count). The molecule has 1 N–H and O–H groups in total. The SMILES string of the molecule is COC(=O)C1CCCC1S(=O)(=O)NC(C)(C)C1CC1. The fourth-order valence-corrected chi connectivity index (χ4v) is 5.26. The van der Waals surface area contributed by atoms with Gasteiger partial charge in [0.1, 0.15) is 0 Å². The lowest BCUT2D eigenvalue weighted by Gasteiger charge is -2.29. The molecule has 0 radical (unpaired) electrons. The second kappa shape index (κ2) is 5.05. The van der Waals surface area contributed by atoms with Gasteiger partial charge in [-0.2, -0.15) is 0 Å². The van der Waals surface area contributed by atoms with Crippen molar-refractivity contribution in [1.29, 1.82) is 0 Å². The molecule has 0 heterocycles. The average molecular weight is 289 g/mol. The van der Waals surface area contributed by atoms with E-state index in [0.29, 0.717) is 18.8 Å². The fourth-order valence-electron chi connectivity index (χ4n) is 3.05. The third kappa shape index (κ3) is 3.11. The molecular weight excluding hydrogens is 266 g/mol. The molecular formula is C13H23NO4S. The maximum Gasteiger partial charge on any atom is 0.310 e. The van der Waals surface area contributed by atoms with Crippen LogP contribution in [0.2, 0.25) is 0 Å². The first-order valence-electron chi connectivity index (χ1n) is 6.88. The van der Waals surface area contributed by atoms with E-state index < -0.39 is 32.7 Å². The van der Waals surface area contributed by atoms with Gasteiger partial charge in [0.05, 0.1) is 18.3 Å². The van der Waals surface area contributed by atoms with Crippen molar-refractivity contribution in [3.8, 4) is 0 Å². The molecule has 2 aliphatic carbocycles. The van der Waals surface area contributed by atoms with E-state index in [1.807, 2.05) is 13.8 Å². The Morgan fingerprint density at radius 3 is 2.37 bits per heavy atom. The first kappa shape index (κ1) is 14.8.